The van der Waals surface area contributed by atoms with E-state index in [0.29, 0.717) is 0 Å². The van der Waals surface area contributed by atoms with Gasteiger partial charge in [-0.05, 0) is 30.4 Å². The molecule has 112 valence electrons. The van der Waals surface area contributed by atoms with Crippen LogP contribution in [-0.4, -0.2) is 6.29 Å². The second-order valence-electron chi connectivity index (χ2n) is 5.77. The van der Waals surface area contributed by atoms with Crippen LogP contribution in [0.5, 0.6) is 0 Å². The van der Waals surface area contributed by atoms with Crippen LogP contribution in [-0.2, 0) is 16.8 Å². The minimum absolute atomic E-state index is 0.736. The van der Waals surface area contributed by atoms with Crippen molar-refractivity contribution in [2.75, 3.05) is 0 Å². The summed E-state index contributed by atoms with van der Waals surface area (Å²) in [4.78, 5) is 11.4. The highest BCUT2D eigenvalue weighted by molar-refractivity contribution is 5.67. The van der Waals surface area contributed by atoms with Crippen LogP contribution in [0.4, 0.5) is 0 Å². The highest BCUT2D eigenvalue weighted by Gasteiger charge is 2.25. The fourth-order valence-corrected chi connectivity index (χ4v) is 2.50. The van der Waals surface area contributed by atoms with Gasteiger partial charge in [0, 0.05) is 0 Å². The highest BCUT2D eigenvalue weighted by atomic mass is 16.1. The summed E-state index contributed by atoms with van der Waals surface area (Å²) < 4.78 is 0. The first-order valence-corrected chi connectivity index (χ1v) is 8.01. The van der Waals surface area contributed by atoms with Crippen molar-refractivity contribution in [3.63, 3.8) is 0 Å². The maximum Gasteiger partial charge on any atom is 0.144 e. The van der Waals surface area contributed by atoms with E-state index < -0.39 is 5.54 Å². The number of carbonyl (C=O) groups is 1. The molecule has 0 aliphatic carbocycles. The van der Waals surface area contributed by atoms with Crippen LogP contribution in [0.25, 0.3) is 0 Å². The molecule has 2 nitrogen and oxygen atoms in total. The molecule has 1 unspecified atom stereocenters. The molecule has 20 heavy (non-hydrogen) atoms. The van der Waals surface area contributed by atoms with Crippen LogP contribution in [0, 0.1) is 0 Å². The van der Waals surface area contributed by atoms with Crippen LogP contribution in [0.1, 0.15) is 69.9 Å². The fourth-order valence-electron chi connectivity index (χ4n) is 2.50. The monoisotopic (exact) mass is 275 g/mol. The lowest BCUT2D eigenvalue weighted by molar-refractivity contribution is -0.112. The zero-order chi connectivity index (χ0) is 14.8. The Morgan fingerprint density at radius 1 is 1.00 bits per heavy atom. The number of benzene rings is 1. The van der Waals surface area contributed by atoms with Crippen molar-refractivity contribution >= 4 is 6.29 Å². The number of unbranched alkanes of at least 4 members (excludes halogenated alkanes) is 4. The fraction of sp³-hybridized carbons (Fsp3) is 0.611. The third-order valence-corrected chi connectivity index (χ3v) is 3.96. The maximum atomic E-state index is 11.4. The first-order chi connectivity index (χ1) is 9.66. The van der Waals surface area contributed by atoms with E-state index in [1.165, 1.54) is 24.8 Å². The van der Waals surface area contributed by atoms with Gasteiger partial charge in [0.25, 0.3) is 0 Å². The van der Waals surface area contributed by atoms with Crippen LogP contribution in [0.2, 0.25) is 0 Å². The summed E-state index contributed by atoms with van der Waals surface area (Å²) in [7, 11) is 0. The Balaban J connectivity index is 2.66. The van der Waals surface area contributed by atoms with E-state index >= 15 is 0 Å². The zero-order valence-electron chi connectivity index (χ0n) is 13.0. The van der Waals surface area contributed by atoms with Gasteiger partial charge < -0.3 is 10.5 Å². The summed E-state index contributed by atoms with van der Waals surface area (Å²) in [6, 6.07) is 8.30. The molecule has 0 aliphatic rings. The number of aryl methyl sites for hydroxylation is 1. The van der Waals surface area contributed by atoms with E-state index in [9.17, 15) is 4.79 Å². The van der Waals surface area contributed by atoms with Crippen LogP contribution in [0.15, 0.2) is 24.3 Å². The van der Waals surface area contributed by atoms with Gasteiger partial charge in [-0.25, -0.2) is 0 Å². The van der Waals surface area contributed by atoms with Crippen molar-refractivity contribution in [1.82, 2.24) is 0 Å². The van der Waals surface area contributed by atoms with Crippen molar-refractivity contribution in [2.45, 2.75) is 70.8 Å². The normalized spacial score (nSPS) is 13.9. The molecule has 0 heterocycles. The maximum absolute atomic E-state index is 11.4. The SMILES string of the molecule is CCCCCc1ccc(C(N)(C=O)CCCCC)cc1. The molecule has 0 fully saturated rings. The third-order valence-electron chi connectivity index (χ3n) is 3.96. The molecule has 1 aromatic rings. The van der Waals surface area contributed by atoms with Gasteiger partial charge in [0.05, 0.1) is 5.54 Å². The van der Waals surface area contributed by atoms with Crippen molar-refractivity contribution in [1.29, 1.82) is 0 Å². The van der Waals surface area contributed by atoms with Gasteiger partial charge >= 0.3 is 0 Å². The molecule has 0 amide bonds. The molecule has 0 aliphatic heterocycles. The lowest BCUT2D eigenvalue weighted by Crippen LogP contribution is -2.38. The molecule has 0 aromatic heterocycles. The van der Waals surface area contributed by atoms with E-state index in [0.717, 1.165) is 44.0 Å². The minimum Gasteiger partial charge on any atom is -0.316 e. The van der Waals surface area contributed by atoms with E-state index in [-0.39, 0.29) is 0 Å². The molecular formula is C18H29NO. The Bertz CT molecular complexity index is 385. The summed E-state index contributed by atoms with van der Waals surface area (Å²) >= 11 is 0. The minimum atomic E-state index is -0.808. The molecule has 1 rings (SSSR count). The predicted octanol–water partition coefficient (Wildman–Crippen LogP) is 4.35. The lowest BCUT2D eigenvalue weighted by Gasteiger charge is -2.23. The molecule has 0 spiro atoms. The smallest absolute Gasteiger partial charge is 0.144 e. The van der Waals surface area contributed by atoms with Gasteiger partial charge in [0.1, 0.15) is 6.29 Å². The molecule has 2 heteroatoms. The highest BCUT2D eigenvalue weighted by Crippen LogP contribution is 2.23. The molecule has 1 aromatic carbocycles. The molecule has 0 saturated heterocycles. The first-order valence-electron chi connectivity index (χ1n) is 8.01. The summed E-state index contributed by atoms with van der Waals surface area (Å²) in [5.74, 6) is 0. The Morgan fingerprint density at radius 3 is 2.15 bits per heavy atom. The molecular weight excluding hydrogens is 246 g/mol. The number of rotatable bonds is 10. The first kappa shape index (κ1) is 16.9. The summed E-state index contributed by atoms with van der Waals surface area (Å²) in [6.45, 7) is 4.37. The Kier molecular flexibility index (Phi) is 7.53. The topological polar surface area (TPSA) is 43.1 Å². The van der Waals surface area contributed by atoms with Crippen molar-refractivity contribution < 1.29 is 4.79 Å². The lowest BCUT2D eigenvalue weighted by atomic mass is 9.86. The van der Waals surface area contributed by atoms with Gasteiger partial charge in [0.2, 0.25) is 0 Å². The van der Waals surface area contributed by atoms with Crippen molar-refractivity contribution in [2.24, 2.45) is 5.73 Å². The van der Waals surface area contributed by atoms with Gasteiger partial charge in [-0.15, -0.1) is 0 Å². The average molecular weight is 275 g/mol. The number of carbonyl (C=O) groups excluding carboxylic acids is 1. The quantitative estimate of drug-likeness (QED) is 0.509. The number of hydrogen-bond donors (Lipinski definition) is 1. The Labute approximate surface area is 123 Å². The van der Waals surface area contributed by atoms with Gasteiger partial charge in [-0.3, -0.25) is 0 Å². The largest absolute Gasteiger partial charge is 0.316 e. The van der Waals surface area contributed by atoms with Gasteiger partial charge in [0.15, 0.2) is 0 Å². The molecule has 2 N–H and O–H groups in total. The Morgan fingerprint density at radius 2 is 1.60 bits per heavy atom. The predicted molar refractivity (Wildman–Crippen MR) is 85.7 cm³/mol. The zero-order valence-corrected chi connectivity index (χ0v) is 13.0. The number of hydrogen-bond acceptors (Lipinski definition) is 2. The summed E-state index contributed by atoms with van der Waals surface area (Å²) in [6.07, 6.45) is 9.78. The van der Waals surface area contributed by atoms with Crippen LogP contribution < -0.4 is 5.73 Å². The average Bonchev–Trinajstić information content (AvgIpc) is 2.48. The van der Waals surface area contributed by atoms with E-state index in [1.54, 1.807) is 0 Å². The molecule has 0 radical (unpaired) electrons. The standard InChI is InChI=1S/C18H29NO/c1-3-5-7-9-16-10-12-17(13-11-16)18(19,15-20)14-8-6-4-2/h10-13,15H,3-9,14,19H2,1-2H3. The van der Waals surface area contributed by atoms with Crippen molar-refractivity contribution in [3.05, 3.63) is 35.4 Å². The third kappa shape index (κ3) is 5.09. The number of nitrogens with two attached hydrogens (primary N) is 1. The van der Waals surface area contributed by atoms with E-state index in [2.05, 4.69) is 26.0 Å². The Hall–Kier alpha value is -1.15. The molecule has 0 saturated carbocycles. The second kappa shape index (κ2) is 8.91. The van der Waals surface area contributed by atoms with E-state index in [4.69, 9.17) is 5.73 Å². The molecule has 1 atom stereocenters. The summed E-state index contributed by atoms with van der Waals surface area (Å²) in [5.41, 5.74) is 7.74. The molecule has 0 bridgehead atoms. The van der Waals surface area contributed by atoms with Crippen molar-refractivity contribution in [3.8, 4) is 0 Å². The van der Waals surface area contributed by atoms with Crippen LogP contribution in [0.3, 0.4) is 0 Å². The van der Waals surface area contributed by atoms with Crippen LogP contribution >= 0.6 is 0 Å². The van der Waals surface area contributed by atoms with E-state index in [1.807, 2.05) is 12.1 Å². The van der Waals surface area contributed by atoms with Gasteiger partial charge in [-0.1, -0.05) is 70.2 Å². The number of aldehydes is 1. The van der Waals surface area contributed by atoms with Gasteiger partial charge in [-0.2, -0.15) is 0 Å². The summed E-state index contributed by atoms with van der Waals surface area (Å²) in [5, 5.41) is 0. The second-order valence-corrected chi connectivity index (χ2v) is 5.77.